The summed E-state index contributed by atoms with van der Waals surface area (Å²) in [5.74, 6) is 0. The summed E-state index contributed by atoms with van der Waals surface area (Å²) >= 11 is 0. The van der Waals surface area contributed by atoms with Crippen molar-refractivity contribution in [2.75, 3.05) is 0 Å². The zero-order valence-corrected chi connectivity index (χ0v) is 12.6. The maximum atomic E-state index is 10.5. The molecule has 0 radical (unpaired) electrons. The first-order valence-electron chi connectivity index (χ1n) is 7.15. The highest BCUT2D eigenvalue weighted by Gasteiger charge is 2.14. The second-order valence-electron chi connectivity index (χ2n) is 6.02. The first-order valence-corrected chi connectivity index (χ1v) is 7.15. The Morgan fingerprint density at radius 1 is 1.14 bits per heavy atom. The third-order valence-corrected chi connectivity index (χ3v) is 3.82. The molecule has 1 aromatic heterocycles. The van der Waals surface area contributed by atoms with Crippen molar-refractivity contribution < 1.29 is 0 Å². The Hall–Kier alpha value is -2.53. The topological polar surface area (TPSA) is 84.1 Å². The highest BCUT2D eigenvalue weighted by Crippen LogP contribution is 2.27. The molecule has 3 aromatic rings. The first kappa shape index (κ1) is 14.4. The second-order valence-corrected chi connectivity index (χ2v) is 6.02. The Morgan fingerprint density at radius 3 is 2.45 bits per heavy atom. The molecule has 5 nitrogen and oxygen atoms in total. The van der Waals surface area contributed by atoms with Crippen LogP contribution in [-0.2, 0) is 12.1 Å². The van der Waals surface area contributed by atoms with E-state index < -0.39 is 0 Å². The van der Waals surface area contributed by atoms with Crippen molar-refractivity contribution in [3.63, 3.8) is 0 Å². The lowest BCUT2D eigenvalue weighted by Crippen LogP contribution is -2.28. The van der Waals surface area contributed by atoms with Crippen molar-refractivity contribution in [3.8, 4) is 11.1 Å². The number of aromatic nitrogens is 2. The molecule has 3 rings (SSSR count). The average Bonchev–Trinajstić information content (AvgIpc) is 2.89. The Morgan fingerprint density at radius 2 is 1.82 bits per heavy atom. The zero-order valence-electron chi connectivity index (χ0n) is 12.6. The lowest BCUT2D eigenvalue weighted by Gasteiger charge is -2.19. The predicted octanol–water partition coefficient (Wildman–Crippen LogP) is 3.69. The maximum Gasteiger partial charge on any atom is 0.123 e. The van der Waals surface area contributed by atoms with E-state index in [2.05, 4.69) is 27.5 Å². The van der Waals surface area contributed by atoms with Crippen LogP contribution in [0.3, 0.4) is 0 Å². The molecule has 0 saturated carbocycles. The quantitative estimate of drug-likeness (QED) is 0.720. The van der Waals surface area contributed by atoms with Gasteiger partial charge in [0.1, 0.15) is 6.54 Å². The normalized spacial score (nSPS) is 11.8. The molecule has 0 atom stereocenters. The monoisotopic (exact) mass is 294 g/mol. The van der Waals surface area contributed by atoms with E-state index in [9.17, 15) is 4.91 Å². The predicted molar refractivity (Wildman–Crippen MR) is 88.2 cm³/mol. The van der Waals surface area contributed by atoms with Crippen LogP contribution in [0.15, 0.2) is 47.6 Å². The molecule has 5 heteroatoms. The van der Waals surface area contributed by atoms with Gasteiger partial charge in [0.05, 0.1) is 11.2 Å². The van der Waals surface area contributed by atoms with E-state index in [1.54, 1.807) is 0 Å². The van der Waals surface area contributed by atoms with Gasteiger partial charge in [-0.05, 0) is 42.7 Å². The minimum Gasteiger partial charge on any atom is -0.322 e. The van der Waals surface area contributed by atoms with E-state index in [-0.39, 0.29) is 12.1 Å². The lowest BCUT2D eigenvalue weighted by molar-refractivity contribution is 0.554. The van der Waals surface area contributed by atoms with Crippen LogP contribution in [0.5, 0.6) is 0 Å². The summed E-state index contributed by atoms with van der Waals surface area (Å²) in [6, 6.07) is 14.2. The minimum atomic E-state index is -0.351. The molecule has 0 saturated heterocycles. The van der Waals surface area contributed by atoms with Crippen molar-refractivity contribution in [2.24, 2.45) is 10.9 Å². The van der Waals surface area contributed by atoms with Gasteiger partial charge in [0, 0.05) is 10.9 Å². The number of rotatable bonds is 4. The van der Waals surface area contributed by atoms with E-state index in [0.29, 0.717) is 0 Å². The average molecular weight is 294 g/mol. The van der Waals surface area contributed by atoms with Gasteiger partial charge in [-0.15, -0.1) is 0 Å². The van der Waals surface area contributed by atoms with Crippen LogP contribution in [0.1, 0.15) is 25.1 Å². The number of nitrogens with zero attached hydrogens (tertiary/aromatic N) is 2. The summed E-state index contributed by atoms with van der Waals surface area (Å²) in [6.45, 7) is 4.07. The third kappa shape index (κ3) is 2.63. The number of fused-ring (bicyclic) bond motifs is 1. The molecule has 0 fully saturated rings. The number of H-pyrrole nitrogens is 1. The summed E-state index contributed by atoms with van der Waals surface area (Å²) in [5, 5.41) is 10.9. The van der Waals surface area contributed by atoms with E-state index >= 15 is 0 Å². The van der Waals surface area contributed by atoms with Crippen molar-refractivity contribution in [1.29, 1.82) is 0 Å². The Kier molecular flexibility index (Phi) is 3.50. The van der Waals surface area contributed by atoms with Gasteiger partial charge in [0.15, 0.2) is 0 Å². The Balaban J connectivity index is 2.02. The van der Waals surface area contributed by atoms with Crippen LogP contribution in [0.25, 0.3) is 22.0 Å². The van der Waals surface area contributed by atoms with Crippen molar-refractivity contribution in [3.05, 3.63) is 58.6 Å². The van der Waals surface area contributed by atoms with Crippen LogP contribution in [0.4, 0.5) is 0 Å². The molecule has 3 N–H and O–H groups in total. The zero-order chi connectivity index (χ0) is 15.7. The molecule has 0 unspecified atom stereocenters. The number of benzene rings is 2. The molecule has 0 aliphatic carbocycles. The van der Waals surface area contributed by atoms with Gasteiger partial charge in [-0.25, -0.2) is 0 Å². The van der Waals surface area contributed by atoms with Crippen LogP contribution in [-0.4, -0.2) is 10.2 Å². The van der Waals surface area contributed by atoms with Crippen LogP contribution in [0.2, 0.25) is 0 Å². The van der Waals surface area contributed by atoms with E-state index in [0.717, 1.165) is 33.3 Å². The van der Waals surface area contributed by atoms with Crippen molar-refractivity contribution in [1.82, 2.24) is 10.2 Å². The maximum absolute atomic E-state index is 10.5. The summed E-state index contributed by atoms with van der Waals surface area (Å²) in [4.78, 5) is 10.5. The number of nitrogens with two attached hydrogens (primary N) is 1. The number of hydrogen-bond acceptors (Lipinski definition) is 4. The van der Waals surface area contributed by atoms with Gasteiger partial charge in [0.25, 0.3) is 0 Å². The molecule has 0 aliphatic rings. The summed E-state index contributed by atoms with van der Waals surface area (Å²) in [5.41, 5.74) is 10.6. The molecule has 0 spiro atoms. The standard InChI is InChI=1S/C17H18N4O/c1-17(2,18)13-6-3-11(4-7-13)12-5-8-15-14(9-12)16(10-19-22)21-20-15/h3-9H,10,18H2,1-2H3,(H,20,21). The molecular weight excluding hydrogens is 276 g/mol. The first-order chi connectivity index (χ1) is 10.5. The smallest absolute Gasteiger partial charge is 0.123 e. The van der Waals surface area contributed by atoms with E-state index in [4.69, 9.17) is 5.73 Å². The highest BCUT2D eigenvalue weighted by molar-refractivity contribution is 5.86. The molecular formula is C17H18N4O. The molecule has 0 aliphatic heterocycles. The largest absolute Gasteiger partial charge is 0.322 e. The number of nitroso groups, excluding NO2 is 1. The van der Waals surface area contributed by atoms with Gasteiger partial charge in [0.2, 0.25) is 0 Å². The molecule has 0 bridgehead atoms. The van der Waals surface area contributed by atoms with Gasteiger partial charge >= 0.3 is 0 Å². The molecule has 0 amide bonds. The minimum absolute atomic E-state index is 0.0975. The van der Waals surface area contributed by atoms with Crippen LogP contribution < -0.4 is 5.73 Å². The summed E-state index contributed by atoms with van der Waals surface area (Å²) in [6.07, 6.45) is 0. The second kappa shape index (κ2) is 5.35. The van der Waals surface area contributed by atoms with Crippen LogP contribution in [0, 0.1) is 4.91 Å². The Labute approximate surface area is 128 Å². The molecule has 22 heavy (non-hydrogen) atoms. The van der Waals surface area contributed by atoms with Crippen LogP contribution >= 0.6 is 0 Å². The number of aromatic amines is 1. The van der Waals surface area contributed by atoms with Gasteiger partial charge in [-0.1, -0.05) is 35.5 Å². The molecule has 1 heterocycles. The fraction of sp³-hybridized carbons (Fsp3) is 0.235. The lowest BCUT2D eigenvalue weighted by atomic mass is 9.93. The van der Waals surface area contributed by atoms with Gasteiger partial charge in [-0.2, -0.15) is 10.0 Å². The summed E-state index contributed by atoms with van der Waals surface area (Å²) in [7, 11) is 0. The van der Waals surface area contributed by atoms with Crippen molar-refractivity contribution >= 4 is 10.9 Å². The van der Waals surface area contributed by atoms with Gasteiger partial charge < -0.3 is 5.73 Å². The van der Waals surface area contributed by atoms with E-state index in [1.165, 1.54) is 0 Å². The number of hydrogen-bond donors (Lipinski definition) is 2. The Bertz CT molecular complexity index is 813. The fourth-order valence-electron chi connectivity index (χ4n) is 2.52. The number of nitrogens with one attached hydrogen (secondary N) is 1. The summed E-state index contributed by atoms with van der Waals surface area (Å²) < 4.78 is 0. The molecule has 112 valence electrons. The van der Waals surface area contributed by atoms with Crippen molar-refractivity contribution in [2.45, 2.75) is 25.9 Å². The van der Waals surface area contributed by atoms with Gasteiger partial charge in [-0.3, -0.25) is 5.10 Å². The SMILES string of the molecule is CC(C)(N)c1ccc(-c2ccc3n[nH]c(CN=O)c3c2)cc1. The third-order valence-electron chi connectivity index (χ3n) is 3.82. The van der Waals surface area contributed by atoms with E-state index in [1.807, 2.05) is 44.2 Å². The highest BCUT2D eigenvalue weighted by atomic mass is 16.3. The fourth-order valence-corrected chi connectivity index (χ4v) is 2.52. The molecule has 2 aromatic carbocycles.